The van der Waals surface area contributed by atoms with E-state index in [4.69, 9.17) is 5.73 Å². The normalized spacial score (nSPS) is 34.5. The molecule has 2 rings (SSSR count). The van der Waals surface area contributed by atoms with Crippen molar-refractivity contribution in [2.24, 2.45) is 5.73 Å². The zero-order valence-corrected chi connectivity index (χ0v) is 9.73. The van der Waals surface area contributed by atoms with Crippen molar-refractivity contribution in [1.82, 2.24) is 9.80 Å². The van der Waals surface area contributed by atoms with Crippen molar-refractivity contribution in [1.29, 1.82) is 0 Å². The van der Waals surface area contributed by atoms with Gasteiger partial charge in [0, 0.05) is 38.3 Å². The van der Waals surface area contributed by atoms with E-state index in [0.717, 1.165) is 13.1 Å². The minimum absolute atomic E-state index is 0.552. The van der Waals surface area contributed by atoms with Crippen LogP contribution in [0.25, 0.3) is 0 Å². The van der Waals surface area contributed by atoms with Gasteiger partial charge in [-0.1, -0.05) is 12.2 Å². The van der Waals surface area contributed by atoms with Gasteiger partial charge in [0.25, 0.3) is 0 Å². The molecule has 0 aromatic heterocycles. The third kappa shape index (κ3) is 2.60. The van der Waals surface area contributed by atoms with Gasteiger partial charge >= 0.3 is 0 Å². The Morgan fingerprint density at radius 1 is 1.40 bits per heavy atom. The number of nitrogens with zero attached hydrogens (tertiary/aromatic N) is 2. The number of piperazine rings is 1. The van der Waals surface area contributed by atoms with Crippen LogP contribution in [0.1, 0.15) is 19.3 Å². The van der Waals surface area contributed by atoms with E-state index in [1.807, 2.05) is 0 Å². The zero-order chi connectivity index (χ0) is 10.7. The summed E-state index contributed by atoms with van der Waals surface area (Å²) in [5.41, 5.74) is 5.87. The van der Waals surface area contributed by atoms with Gasteiger partial charge in [0.05, 0.1) is 0 Å². The molecule has 0 bridgehead atoms. The molecule has 1 fully saturated rings. The number of allylic oxidation sites excluding steroid dienone is 1. The lowest BCUT2D eigenvalue weighted by atomic mass is 9.98. The zero-order valence-electron chi connectivity index (χ0n) is 9.73. The first-order valence-electron chi connectivity index (χ1n) is 6.12. The molecule has 1 aliphatic carbocycles. The Morgan fingerprint density at radius 2 is 2.27 bits per heavy atom. The van der Waals surface area contributed by atoms with E-state index >= 15 is 0 Å². The monoisotopic (exact) mass is 209 g/mol. The molecule has 1 saturated heterocycles. The predicted octanol–water partition coefficient (Wildman–Crippen LogP) is 0.670. The fourth-order valence-electron chi connectivity index (χ4n) is 2.74. The minimum atomic E-state index is 0.552. The fraction of sp³-hybridized carbons (Fsp3) is 0.833. The maximum absolute atomic E-state index is 5.87. The predicted molar refractivity (Wildman–Crippen MR) is 63.8 cm³/mol. The summed E-state index contributed by atoms with van der Waals surface area (Å²) in [6.07, 6.45) is 8.64. The van der Waals surface area contributed by atoms with Crippen LogP contribution in [0.15, 0.2) is 12.2 Å². The molecular weight excluding hydrogens is 186 g/mol. The van der Waals surface area contributed by atoms with Gasteiger partial charge < -0.3 is 10.6 Å². The molecule has 2 aliphatic rings. The van der Waals surface area contributed by atoms with Crippen molar-refractivity contribution in [3.8, 4) is 0 Å². The van der Waals surface area contributed by atoms with Crippen LogP contribution < -0.4 is 5.73 Å². The molecule has 2 unspecified atom stereocenters. The van der Waals surface area contributed by atoms with E-state index in [1.165, 1.54) is 32.4 Å². The summed E-state index contributed by atoms with van der Waals surface area (Å²) in [4.78, 5) is 5.00. The van der Waals surface area contributed by atoms with Crippen LogP contribution in [0.4, 0.5) is 0 Å². The smallest absolute Gasteiger partial charge is 0.0352 e. The molecular formula is C12H23N3. The van der Waals surface area contributed by atoms with E-state index in [-0.39, 0.29) is 0 Å². The molecule has 15 heavy (non-hydrogen) atoms. The van der Waals surface area contributed by atoms with E-state index in [1.54, 1.807) is 0 Å². The van der Waals surface area contributed by atoms with E-state index < -0.39 is 0 Å². The van der Waals surface area contributed by atoms with Crippen LogP contribution in [0, 0.1) is 0 Å². The molecule has 86 valence electrons. The summed E-state index contributed by atoms with van der Waals surface area (Å²) >= 11 is 0. The Bertz CT molecular complexity index is 227. The second kappa shape index (κ2) is 5.10. The Morgan fingerprint density at radius 3 is 2.93 bits per heavy atom. The highest BCUT2D eigenvalue weighted by Gasteiger charge is 2.28. The van der Waals surface area contributed by atoms with Gasteiger partial charge in [0.15, 0.2) is 0 Å². The highest BCUT2D eigenvalue weighted by molar-refractivity contribution is 5.01. The molecule has 0 aromatic rings. The Balaban J connectivity index is 1.99. The van der Waals surface area contributed by atoms with Crippen LogP contribution in [0.2, 0.25) is 0 Å². The van der Waals surface area contributed by atoms with Gasteiger partial charge in [-0.05, 0) is 26.3 Å². The first kappa shape index (κ1) is 11.1. The van der Waals surface area contributed by atoms with Crippen LogP contribution in [0.3, 0.4) is 0 Å². The molecule has 1 heterocycles. The molecule has 3 nitrogen and oxygen atoms in total. The lowest BCUT2D eigenvalue weighted by Gasteiger charge is -2.43. The topological polar surface area (TPSA) is 32.5 Å². The molecule has 2 N–H and O–H groups in total. The summed E-state index contributed by atoms with van der Waals surface area (Å²) in [5.74, 6) is 0. The van der Waals surface area contributed by atoms with Crippen molar-refractivity contribution in [2.75, 3.05) is 33.2 Å². The largest absolute Gasteiger partial charge is 0.329 e. The lowest BCUT2D eigenvalue weighted by Crippen LogP contribution is -2.57. The summed E-state index contributed by atoms with van der Waals surface area (Å²) in [6, 6.07) is 1.21. The van der Waals surface area contributed by atoms with Crippen LogP contribution >= 0.6 is 0 Å². The minimum Gasteiger partial charge on any atom is -0.329 e. The van der Waals surface area contributed by atoms with Crippen molar-refractivity contribution < 1.29 is 0 Å². The highest BCUT2D eigenvalue weighted by atomic mass is 15.3. The van der Waals surface area contributed by atoms with Gasteiger partial charge in [-0.25, -0.2) is 0 Å². The molecule has 3 heteroatoms. The third-order valence-electron chi connectivity index (χ3n) is 3.66. The first-order valence-corrected chi connectivity index (χ1v) is 6.12. The summed E-state index contributed by atoms with van der Waals surface area (Å²) < 4.78 is 0. The van der Waals surface area contributed by atoms with Crippen molar-refractivity contribution in [3.05, 3.63) is 12.2 Å². The summed E-state index contributed by atoms with van der Waals surface area (Å²) in [6.45, 7) is 4.27. The molecule has 2 atom stereocenters. The third-order valence-corrected chi connectivity index (χ3v) is 3.66. The number of hydrogen-bond acceptors (Lipinski definition) is 3. The standard InChI is InChI=1S/C12H23N3/c1-14-7-8-15(12(9-13)10-14)11-5-3-2-4-6-11/h3,5,11-12H,2,4,6-10,13H2,1H3. The Labute approximate surface area is 92.9 Å². The van der Waals surface area contributed by atoms with Gasteiger partial charge in [0.1, 0.15) is 0 Å². The van der Waals surface area contributed by atoms with E-state index in [2.05, 4.69) is 29.0 Å². The van der Waals surface area contributed by atoms with Gasteiger partial charge in [-0.2, -0.15) is 0 Å². The SMILES string of the molecule is CN1CCN(C2C=CCCC2)C(CN)C1. The van der Waals surface area contributed by atoms with Crippen molar-refractivity contribution >= 4 is 0 Å². The summed E-state index contributed by atoms with van der Waals surface area (Å²) in [5, 5.41) is 0. The number of nitrogens with two attached hydrogens (primary N) is 1. The van der Waals surface area contributed by atoms with Gasteiger partial charge in [-0.15, -0.1) is 0 Å². The van der Waals surface area contributed by atoms with Crippen LogP contribution in [-0.2, 0) is 0 Å². The number of likely N-dealkylation sites (N-methyl/N-ethyl adjacent to an activating group) is 1. The van der Waals surface area contributed by atoms with Crippen molar-refractivity contribution in [2.45, 2.75) is 31.3 Å². The summed E-state index contributed by atoms with van der Waals surface area (Å²) in [7, 11) is 2.19. The molecule has 0 spiro atoms. The molecule has 0 radical (unpaired) electrons. The fourth-order valence-corrected chi connectivity index (χ4v) is 2.74. The average Bonchev–Trinajstić information content (AvgIpc) is 2.30. The first-order chi connectivity index (χ1) is 7.31. The Hall–Kier alpha value is -0.380. The maximum atomic E-state index is 5.87. The highest BCUT2D eigenvalue weighted by Crippen LogP contribution is 2.20. The van der Waals surface area contributed by atoms with Crippen LogP contribution in [-0.4, -0.2) is 55.1 Å². The van der Waals surface area contributed by atoms with Gasteiger partial charge in [0.2, 0.25) is 0 Å². The number of hydrogen-bond donors (Lipinski definition) is 1. The molecule has 0 saturated carbocycles. The quantitative estimate of drug-likeness (QED) is 0.679. The molecule has 1 aliphatic heterocycles. The second-order valence-electron chi connectivity index (χ2n) is 4.82. The maximum Gasteiger partial charge on any atom is 0.0352 e. The second-order valence-corrected chi connectivity index (χ2v) is 4.82. The number of rotatable bonds is 2. The van der Waals surface area contributed by atoms with Crippen LogP contribution in [0.5, 0.6) is 0 Å². The van der Waals surface area contributed by atoms with Crippen molar-refractivity contribution in [3.63, 3.8) is 0 Å². The lowest BCUT2D eigenvalue weighted by molar-refractivity contribution is 0.0671. The average molecular weight is 209 g/mol. The molecule has 0 aromatic carbocycles. The van der Waals surface area contributed by atoms with Gasteiger partial charge in [-0.3, -0.25) is 4.90 Å². The molecule has 0 amide bonds. The Kier molecular flexibility index (Phi) is 3.78. The van der Waals surface area contributed by atoms with E-state index in [9.17, 15) is 0 Å². The van der Waals surface area contributed by atoms with E-state index in [0.29, 0.717) is 12.1 Å².